The summed E-state index contributed by atoms with van der Waals surface area (Å²) in [4.78, 5) is 37.4. The Labute approximate surface area is 139 Å². The first-order valence-electron chi connectivity index (χ1n) is 7.45. The second-order valence-electron chi connectivity index (χ2n) is 5.96. The molecule has 0 aliphatic carbocycles. The zero-order chi connectivity index (χ0) is 16.6. The lowest BCUT2D eigenvalue weighted by Crippen LogP contribution is -2.65. The summed E-state index contributed by atoms with van der Waals surface area (Å²) < 4.78 is 0. The summed E-state index contributed by atoms with van der Waals surface area (Å²) in [7, 11) is 3.82. The molecule has 1 N–H and O–H groups in total. The number of aromatic nitrogens is 2. The molecule has 2 saturated heterocycles. The number of nitrogens with zero attached hydrogens (tertiary/aromatic N) is 5. The molecule has 1 atom stereocenters. The summed E-state index contributed by atoms with van der Waals surface area (Å²) in [5, 5.41) is 3.08. The van der Waals surface area contributed by atoms with Crippen LogP contribution in [0.2, 0.25) is 5.15 Å². The molecule has 3 rings (SSSR count). The molecule has 2 amide bonds. The van der Waals surface area contributed by atoms with E-state index in [2.05, 4.69) is 20.2 Å². The number of carbonyl (C=O) groups is 2. The van der Waals surface area contributed by atoms with E-state index >= 15 is 0 Å². The summed E-state index contributed by atoms with van der Waals surface area (Å²) in [5.41, 5.74) is 0.874. The first kappa shape index (κ1) is 15.9. The van der Waals surface area contributed by atoms with Gasteiger partial charge in [-0.05, 0) is 0 Å². The third kappa shape index (κ3) is 3.09. The van der Waals surface area contributed by atoms with Gasteiger partial charge in [0.15, 0.2) is 0 Å². The van der Waals surface area contributed by atoms with Gasteiger partial charge in [-0.3, -0.25) is 14.5 Å². The van der Waals surface area contributed by atoms with Crippen LogP contribution in [0.15, 0.2) is 6.33 Å². The zero-order valence-electron chi connectivity index (χ0n) is 13.1. The van der Waals surface area contributed by atoms with E-state index in [1.165, 1.54) is 6.33 Å². The molecule has 0 unspecified atom stereocenters. The number of piperazine rings is 2. The number of fused-ring (bicyclic) bond motifs is 1. The molecule has 9 heteroatoms. The molecule has 0 saturated carbocycles. The molecule has 0 bridgehead atoms. The van der Waals surface area contributed by atoms with E-state index in [1.807, 2.05) is 19.0 Å². The lowest BCUT2D eigenvalue weighted by Gasteiger charge is -2.43. The van der Waals surface area contributed by atoms with Crippen LogP contribution in [-0.2, 0) is 16.1 Å². The van der Waals surface area contributed by atoms with Crippen LogP contribution in [0.3, 0.4) is 0 Å². The van der Waals surface area contributed by atoms with Gasteiger partial charge in [0.1, 0.15) is 17.3 Å². The molecule has 2 fully saturated rings. The summed E-state index contributed by atoms with van der Waals surface area (Å²) in [6.07, 6.45) is 1.45. The number of hydrogen-bond donors (Lipinski definition) is 1. The maximum atomic E-state index is 11.9. The molecule has 124 valence electrons. The monoisotopic (exact) mass is 338 g/mol. The Balaban J connectivity index is 1.74. The molecule has 1 aromatic heterocycles. The Bertz CT molecular complexity index is 638. The summed E-state index contributed by atoms with van der Waals surface area (Å²) in [6, 6.07) is 0.000150. The van der Waals surface area contributed by atoms with Crippen LogP contribution in [0.25, 0.3) is 0 Å². The number of anilines is 1. The van der Waals surface area contributed by atoms with E-state index in [-0.39, 0.29) is 6.04 Å². The standard InChI is InChI=1S/C14H19ClN6O2/c1-19(2)12-10(11(15)17-8-18-12)7-20-3-4-21-9(6-20)5-16-13(22)14(21)23/h8-9H,3-7H2,1-2H3,(H,16,22)/t9-/m1/s1. The summed E-state index contributed by atoms with van der Waals surface area (Å²) in [5.74, 6) is -0.152. The number of carbonyl (C=O) groups excluding carboxylic acids is 2. The minimum atomic E-state index is -0.510. The lowest BCUT2D eigenvalue weighted by molar-refractivity contribution is -0.152. The van der Waals surface area contributed by atoms with Gasteiger partial charge in [-0.25, -0.2) is 9.97 Å². The van der Waals surface area contributed by atoms with E-state index in [0.717, 1.165) is 11.4 Å². The Morgan fingerprint density at radius 2 is 2.13 bits per heavy atom. The van der Waals surface area contributed by atoms with Crippen molar-refractivity contribution in [3.8, 4) is 0 Å². The van der Waals surface area contributed by atoms with Gasteiger partial charge in [-0.15, -0.1) is 0 Å². The van der Waals surface area contributed by atoms with Crippen LogP contribution in [0.5, 0.6) is 0 Å². The number of halogens is 1. The highest BCUT2D eigenvalue weighted by atomic mass is 35.5. The van der Waals surface area contributed by atoms with Gasteiger partial charge in [0.25, 0.3) is 0 Å². The normalized spacial score (nSPS) is 21.9. The predicted molar refractivity (Wildman–Crippen MR) is 85.2 cm³/mol. The molecule has 0 radical (unpaired) electrons. The highest BCUT2D eigenvalue weighted by molar-refractivity contribution is 6.35. The van der Waals surface area contributed by atoms with Gasteiger partial charge >= 0.3 is 11.8 Å². The summed E-state index contributed by atoms with van der Waals surface area (Å²) in [6.45, 7) is 3.01. The Hall–Kier alpha value is -1.93. The third-order valence-corrected chi connectivity index (χ3v) is 4.52. The molecule has 2 aliphatic heterocycles. The Kier molecular flexibility index (Phi) is 4.36. The van der Waals surface area contributed by atoms with Crippen LogP contribution >= 0.6 is 11.6 Å². The predicted octanol–water partition coefficient (Wildman–Crippen LogP) is -0.661. The second-order valence-corrected chi connectivity index (χ2v) is 6.32. The fraction of sp³-hybridized carbons (Fsp3) is 0.571. The number of hydrogen-bond acceptors (Lipinski definition) is 6. The van der Waals surface area contributed by atoms with Crippen LogP contribution in [0.1, 0.15) is 5.56 Å². The second kappa shape index (κ2) is 6.29. The minimum Gasteiger partial charge on any atom is -0.362 e. The van der Waals surface area contributed by atoms with Crippen LogP contribution < -0.4 is 10.2 Å². The highest BCUT2D eigenvalue weighted by Crippen LogP contribution is 2.25. The Morgan fingerprint density at radius 3 is 2.87 bits per heavy atom. The van der Waals surface area contributed by atoms with Crippen molar-refractivity contribution in [3.05, 3.63) is 17.0 Å². The lowest BCUT2D eigenvalue weighted by atomic mass is 10.1. The molecule has 8 nitrogen and oxygen atoms in total. The number of rotatable bonds is 3. The molecular formula is C14H19ClN6O2. The van der Waals surface area contributed by atoms with Crippen molar-refractivity contribution < 1.29 is 9.59 Å². The van der Waals surface area contributed by atoms with Gasteiger partial charge in [-0.1, -0.05) is 11.6 Å². The van der Waals surface area contributed by atoms with Gasteiger partial charge in [-0.2, -0.15) is 0 Å². The maximum Gasteiger partial charge on any atom is 0.312 e. The van der Waals surface area contributed by atoms with Gasteiger partial charge in [0, 0.05) is 52.4 Å². The smallest absolute Gasteiger partial charge is 0.312 e. The molecule has 2 aliphatic rings. The molecule has 23 heavy (non-hydrogen) atoms. The largest absolute Gasteiger partial charge is 0.362 e. The van der Waals surface area contributed by atoms with Gasteiger partial charge < -0.3 is 15.1 Å². The number of nitrogens with one attached hydrogen (secondary N) is 1. The van der Waals surface area contributed by atoms with Gasteiger partial charge in [0.2, 0.25) is 0 Å². The fourth-order valence-corrected chi connectivity index (χ4v) is 3.24. The number of amides is 2. The van der Waals surface area contributed by atoms with Crippen LogP contribution in [0.4, 0.5) is 5.82 Å². The van der Waals surface area contributed by atoms with E-state index in [1.54, 1.807) is 4.90 Å². The zero-order valence-corrected chi connectivity index (χ0v) is 13.9. The van der Waals surface area contributed by atoms with Crippen molar-refractivity contribution in [3.63, 3.8) is 0 Å². The van der Waals surface area contributed by atoms with Gasteiger partial charge in [0.05, 0.1) is 6.04 Å². The van der Waals surface area contributed by atoms with Crippen molar-refractivity contribution >= 4 is 29.2 Å². The van der Waals surface area contributed by atoms with Crippen LogP contribution in [-0.4, -0.2) is 77.9 Å². The van der Waals surface area contributed by atoms with Crippen molar-refractivity contribution in [2.75, 3.05) is 45.2 Å². The van der Waals surface area contributed by atoms with Crippen molar-refractivity contribution in [1.29, 1.82) is 0 Å². The molecular weight excluding hydrogens is 320 g/mol. The maximum absolute atomic E-state index is 11.9. The topological polar surface area (TPSA) is 81.7 Å². The molecule has 3 heterocycles. The Morgan fingerprint density at radius 1 is 1.35 bits per heavy atom. The molecule has 0 aromatic carbocycles. The van der Waals surface area contributed by atoms with E-state index < -0.39 is 11.8 Å². The molecule has 1 aromatic rings. The van der Waals surface area contributed by atoms with Crippen molar-refractivity contribution in [1.82, 2.24) is 25.1 Å². The van der Waals surface area contributed by atoms with E-state index in [4.69, 9.17) is 11.6 Å². The average molecular weight is 339 g/mol. The van der Waals surface area contributed by atoms with E-state index in [0.29, 0.717) is 37.9 Å². The van der Waals surface area contributed by atoms with Crippen molar-refractivity contribution in [2.24, 2.45) is 0 Å². The third-order valence-electron chi connectivity index (χ3n) is 4.20. The average Bonchev–Trinajstić information content (AvgIpc) is 2.53. The minimum absolute atomic E-state index is 0.000150. The SMILES string of the molecule is CN(C)c1ncnc(Cl)c1CN1CCN2C(=O)C(=O)NC[C@@H]2C1. The summed E-state index contributed by atoms with van der Waals surface area (Å²) >= 11 is 6.25. The first-order chi connectivity index (χ1) is 11.0. The van der Waals surface area contributed by atoms with Crippen molar-refractivity contribution in [2.45, 2.75) is 12.6 Å². The first-order valence-corrected chi connectivity index (χ1v) is 7.83. The van der Waals surface area contributed by atoms with Crippen LogP contribution in [0, 0.1) is 0 Å². The molecule has 0 spiro atoms. The quantitative estimate of drug-likeness (QED) is 0.582. The fourth-order valence-electron chi connectivity index (χ4n) is 3.05. The van der Waals surface area contributed by atoms with E-state index in [9.17, 15) is 9.59 Å². The highest BCUT2D eigenvalue weighted by Gasteiger charge is 2.37.